The van der Waals surface area contributed by atoms with Gasteiger partial charge < -0.3 is 19.4 Å². The Hall–Kier alpha value is -2.23. The molecule has 0 spiro atoms. The Morgan fingerprint density at radius 1 is 0.710 bits per heavy atom. The van der Waals surface area contributed by atoms with E-state index < -0.39 is 0 Å². The molecule has 4 rings (SSSR count). The van der Waals surface area contributed by atoms with E-state index in [-0.39, 0.29) is 17.6 Å². The summed E-state index contributed by atoms with van der Waals surface area (Å²) in [5.74, 6) is 0.0806. The summed E-state index contributed by atoms with van der Waals surface area (Å²) in [6.45, 7) is 9.55. The highest BCUT2D eigenvalue weighted by molar-refractivity contribution is 5.79. The van der Waals surface area contributed by atoms with Crippen molar-refractivity contribution in [3.63, 3.8) is 0 Å². The van der Waals surface area contributed by atoms with Crippen molar-refractivity contribution in [1.82, 2.24) is 19.6 Å². The molecule has 0 bridgehead atoms. The van der Waals surface area contributed by atoms with E-state index in [1.54, 1.807) is 12.1 Å². The van der Waals surface area contributed by atoms with Crippen molar-refractivity contribution in [2.75, 3.05) is 96.7 Å². The highest BCUT2D eigenvalue weighted by Gasteiger charge is 2.27. The second-order valence-electron chi connectivity index (χ2n) is 8.39. The highest BCUT2D eigenvalue weighted by atomic mass is 19.1. The minimum atomic E-state index is -0.236. The standard InChI is InChI=1S/C22H32FN5O3/c23-19-1-3-20(4-2-19)26-9-11-28(12-10-26)21(29)17-24-5-7-27(8-6-24)22(30)18-25-13-15-31-16-14-25/h1-4H,5-18H2. The van der Waals surface area contributed by atoms with Crippen molar-refractivity contribution >= 4 is 17.5 Å². The van der Waals surface area contributed by atoms with Crippen molar-refractivity contribution in [3.8, 4) is 0 Å². The minimum Gasteiger partial charge on any atom is -0.379 e. The first-order valence-corrected chi connectivity index (χ1v) is 11.2. The van der Waals surface area contributed by atoms with Crippen LogP contribution >= 0.6 is 0 Å². The summed E-state index contributed by atoms with van der Waals surface area (Å²) in [4.78, 5) is 35.6. The zero-order valence-corrected chi connectivity index (χ0v) is 18.0. The van der Waals surface area contributed by atoms with Gasteiger partial charge in [-0.15, -0.1) is 0 Å². The molecule has 0 unspecified atom stereocenters. The summed E-state index contributed by atoms with van der Waals surface area (Å²) < 4.78 is 18.4. The van der Waals surface area contributed by atoms with Crippen molar-refractivity contribution < 1.29 is 18.7 Å². The maximum Gasteiger partial charge on any atom is 0.236 e. The fraction of sp³-hybridized carbons (Fsp3) is 0.636. The van der Waals surface area contributed by atoms with Gasteiger partial charge in [0.15, 0.2) is 0 Å². The predicted molar refractivity (Wildman–Crippen MR) is 115 cm³/mol. The number of rotatable bonds is 5. The monoisotopic (exact) mass is 433 g/mol. The molecule has 170 valence electrons. The van der Waals surface area contributed by atoms with E-state index in [0.717, 1.165) is 45.0 Å². The largest absolute Gasteiger partial charge is 0.379 e. The van der Waals surface area contributed by atoms with Crippen LogP contribution in [0.25, 0.3) is 0 Å². The molecule has 0 saturated carbocycles. The van der Waals surface area contributed by atoms with Gasteiger partial charge in [-0.05, 0) is 24.3 Å². The van der Waals surface area contributed by atoms with Gasteiger partial charge >= 0.3 is 0 Å². The Balaban J connectivity index is 1.16. The van der Waals surface area contributed by atoms with Crippen molar-refractivity contribution in [2.24, 2.45) is 0 Å². The Kier molecular flexibility index (Phi) is 7.37. The molecule has 3 aliphatic heterocycles. The number of hydrogen-bond donors (Lipinski definition) is 0. The van der Waals surface area contributed by atoms with Crippen LogP contribution in [0, 0.1) is 5.82 Å². The van der Waals surface area contributed by atoms with E-state index in [9.17, 15) is 14.0 Å². The Bertz CT molecular complexity index is 740. The van der Waals surface area contributed by atoms with Gasteiger partial charge in [0.1, 0.15) is 5.82 Å². The first-order valence-electron chi connectivity index (χ1n) is 11.2. The average molecular weight is 434 g/mol. The normalized spacial score (nSPS) is 21.4. The van der Waals surface area contributed by atoms with E-state index in [1.807, 2.05) is 9.80 Å². The molecule has 0 aromatic heterocycles. The highest BCUT2D eigenvalue weighted by Crippen LogP contribution is 2.17. The van der Waals surface area contributed by atoms with Crippen LogP contribution in [-0.2, 0) is 14.3 Å². The summed E-state index contributed by atoms with van der Waals surface area (Å²) in [6, 6.07) is 6.51. The molecule has 31 heavy (non-hydrogen) atoms. The zero-order valence-electron chi connectivity index (χ0n) is 18.0. The first-order chi connectivity index (χ1) is 15.1. The molecule has 1 aromatic carbocycles. The lowest BCUT2D eigenvalue weighted by Crippen LogP contribution is -2.55. The number of piperazine rings is 2. The molecule has 9 heteroatoms. The number of nitrogens with zero attached hydrogens (tertiary/aromatic N) is 5. The summed E-state index contributed by atoms with van der Waals surface area (Å²) in [5, 5.41) is 0. The minimum absolute atomic E-state index is 0.145. The van der Waals surface area contributed by atoms with Gasteiger partial charge in [-0.1, -0.05) is 0 Å². The van der Waals surface area contributed by atoms with Crippen LogP contribution in [0.3, 0.4) is 0 Å². The summed E-state index contributed by atoms with van der Waals surface area (Å²) in [6.07, 6.45) is 0. The second kappa shape index (κ2) is 10.4. The Labute approximate surface area is 183 Å². The van der Waals surface area contributed by atoms with Crippen molar-refractivity contribution in [3.05, 3.63) is 30.1 Å². The molecule has 8 nitrogen and oxygen atoms in total. The van der Waals surface area contributed by atoms with E-state index in [2.05, 4.69) is 14.7 Å². The Morgan fingerprint density at radius 2 is 1.19 bits per heavy atom. The molecule has 0 aliphatic carbocycles. The fourth-order valence-electron chi connectivity index (χ4n) is 4.36. The third kappa shape index (κ3) is 5.93. The molecule has 3 saturated heterocycles. The van der Waals surface area contributed by atoms with Gasteiger partial charge in [-0.2, -0.15) is 0 Å². The number of anilines is 1. The number of halogens is 1. The smallest absolute Gasteiger partial charge is 0.236 e. The average Bonchev–Trinajstić information content (AvgIpc) is 2.81. The maximum atomic E-state index is 13.1. The van der Waals surface area contributed by atoms with Crippen LogP contribution in [-0.4, -0.2) is 123 Å². The molecular formula is C22H32FN5O3. The maximum absolute atomic E-state index is 13.1. The lowest BCUT2D eigenvalue weighted by atomic mass is 10.2. The number of morpholine rings is 1. The second-order valence-corrected chi connectivity index (χ2v) is 8.39. The van der Waals surface area contributed by atoms with Gasteiger partial charge in [0.05, 0.1) is 26.3 Å². The van der Waals surface area contributed by atoms with Crippen LogP contribution in [0.15, 0.2) is 24.3 Å². The third-order valence-electron chi connectivity index (χ3n) is 6.37. The molecule has 3 heterocycles. The molecule has 1 aromatic rings. The number of benzene rings is 1. The summed E-state index contributed by atoms with van der Waals surface area (Å²) >= 11 is 0. The van der Waals surface area contributed by atoms with Crippen LogP contribution < -0.4 is 4.90 Å². The van der Waals surface area contributed by atoms with Gasteiger partial charge in [-0.25, -0.2) is 4.39 Å². The molecule has 3 aliphatic rings. The first kappa shape index (κ1) is 22.0. The predicted octanol–water partition coefficient (Wildman–Crippen LogP) is -0.0493. The van der Waals surface area contributed by atoms with Gasteiger partial charge in [0, 0.05) is 71.1 Å². The van der Waals surface area contributed by atoms with E-state index >= 15 is 0 Å². The SMILES string of the molecule is O=C(CN1CCOCC1)N1CCN(CC(=O)N2CCN(c3ccc(F)cc3)CC2)CC1. The topological polar surface area (TPSA) is 59.6 Å². The van der Waals surface area contributed by atoms with E-state index in [4.69, 9.17) is 4.74 Å². The van der Waals surface area contributed by atoms with E-state index in [1.165, 1.54) is 12.1 Å². The van der Waals surface area contributed by atoms with Crippen molar-refractivity contribution in [2.45, 2.75) is 0 Å². The van der Waals surface area contributed by atoms with Crippen LogP contribution in [0.4, 0.5) is 10.1 Å². The van der Waals surface area contributed by atoms with E-state index in [0.29, 0.717) is 52.5 Å². The summed E-state index contributed by atoms with van der Waals surface area (Å²) in [5.41, 5.74) is 0.992. The van der Waals surface area contributed by atoms with Gasteiger partial charge in [-0.3, -0.25) is 19.4 Å². The molecular weight excluding hydrogens is 401 g/mol. The molecule has 0 N–H and O–H groups in total. The molecule has 0 atom stereocenters. The quantitative estimate of drug-likeness (QED) is 0.649. The van der Waals surface area contributed by atoms with Crippen LogP contribution in [0.1, 0.15) is 0 Å². The Morgan fingerprint density at radius 3 is 1.74 bits per heavy atom. The van der Waals surface area contributed by atoms with Crippen LogP contribution in [0.2, 0.25) is 0 Å². The van der Waals surface area contributed by atoms with Crippen LogP contribution in [0.5, 0.6) is 0 Å². The van der Waals surface area contributed by atoms with Crippen molar-refractivity contribution in [1.29, 1.82) is 0 Å². The number of ether oxygens (including phenoxy) is 1. The molecule has 3 fully saturated rings. The number of amides is 2. The third-order valence-corrected chi connectivity index (χ3v) is 6.37. The lowest BCUT2D eigenvalue weighted by molar-refractivity contribution is -0.136. The number of carbonyl (C=O) groups is 2. The molecule has 0 radical (unpaired) electrons. The van der Waals surface area contributed by atoms with Gasteiger partial charge in [0.25, 0.3) is 0 Å². The molecule has 2 amide bonds. The zero-order chi connectivity index (χ0) is 21.6. The summed E-state index contributed by atoms with van der Waals surface area (Å²) in [7, 11) is 0. The number of hydrogen-bond acceptors (Lipinski definition) is 6. The lowest BCUT2D eigenvalue weighted by Gasteiger charge is -2.39. The fourth-order valence-corrected chi connectivity index (χ4v) is 4.36. The number of carbonyl (C=O) groups excluding carboxylic acids is 2. The van der Waals surface area contributed by atoms with Gasteiger partial charge in [0.2, 0.25) is 11.8 Å².